The van der Waals surface area contributed by atoms with E-state index in [2.05, 4.69) is 0 Å². The number of rotatable bonds is 34. The van der Waals surface area contributed by atoms with E-state index in [9.17, 15) is 51.1 Å². The summed E-state index contributed by atoms with van der Waals surface area (Å²) in [6.07, 6.45) is -7.02. The van der Waals surface area contributed by atoms with Gasteiger partial charge < -0.3 is 80.2 Å². The van der Waals surface area contributed by atoms with Crippen LogP contribution in [0.15, 0.2) is 60.7 Å². The Labute approximate surface area is 395 Å². The second kappa shape index (κ2) is 30.1. The Morgan fingerprint density at radius 2 is 0.631 bits per heavy atom. The molecule has 0 saturated heterocycles. The lowest BCUT2D eigenvalue weighted by Gasteiger charge is -2.21. The summed E-state index contributed by atoms with van der Waals surface area (Å²) in [5.41, 5.74) is 1.38. The largest absolute Gasteiger partial charge is 0.491 e. The zero-order valence-electron chi connectivity index (χ0n) is 36.0. The molecule has 4 aromatic rings. The Morgan fingerprint density at radius 3 is 0.938 bits per heavy atom. The molecule has 4 aromatic carbocycles. The van der Waals surface area contributed by atoms with Gasteiger partial charge in [-0.25, -0.2) is 0 Å². The summed E-state index contributed by atoms with van der Waals surface area (Å²) in [6.45, 7) is -1.82. The SMILES string of the molecule is OCC(O)CSCC(O)COc1ccc2ccc(OCC(O)CSCC(O)CO)c(Cc3c(OCC(O)CSCC(O)CO)ccc4ccc(OCC(O)CSCC(O)CO)cc34)c2c1. The van der Waals surface area contributed by atoms with E-state index in [-0.39, 0.29) is 92.1 Å². The standard InChI is InChI=1S/C45H64O16S4/c46-12-30(50)20-62-24-34(54)16-58-38-5-1-28-3-7-44(60-18-36(56)26-64-22-32(52)14-48)42(40(28)9-38)11-43-41-10-39(59-17-35(55)25-63-21-31(51)13-47)6-2-29(41)4-8-45(43)61-19-37(57)27-65-23-33(53)15-49/h1-10,30-37,46-57H,11-27H2. The molecule has 8 atom stereocenters. The van der Waals surface area contributed by atoms with Crippen LogP contribution in [0.1, 0.15) is 11.1 Å². The van der Waals surface area contributed by atoms with Crippen molar-refractivity contribution in [3.8, 4) is 23.0 Å². The molecule has 364 valence electrons. The molecule has 8 unspecified atom stereocenters. The van der Waals surface area contributed by atoms with Crippen molar-refractivity contribution in [2.24, 2.45) is 0 Å². The minimum atomic E-state index is -0.926. The number of hydrogen-bond donors (Lipinski definition) is 12. The number of ether oxygens (including phenoxy) is 4. The first kappa shape index (κ1) is 55.1. The number of aliphatic hydroxyl groups excluding tert-OH is 12. The van der Waals surface area contributed by atoms with E-state index in [1.54, 1.807) is 24.3 Å². The van der Waals surface area contributed by atoms with Crippen molar-refractivity contribution in [2.45, 2.75) is 55.3 Å². The zero-order chi connectivity index (χ0) is 47.1. The highest BCUT2D eigenvalue weighted by molar-refractivity contribution is 8.00. The van der Waals surface area contributed by atoms with Crippen LogP contribution in [0.2, 0.25) is 0 Å². The molecule has 0 aliphatic carbocycles. The Hall–Kier alpha value is -2.48. The molecule has 4 rings (SSSR count). The van der Waals surface area contributed by atoms with Crippen LogP contribution in [0.25, 0.3) is 21.5 Å². The number of hydrogen-bond acceptors (Lipinski definition) is 20. The first-order chi connectivity index (χ1) is 31.3. The van der Waals surface area contributed by atoms with Gasteiger partial charge in [0.1, 0.15) is 49.4 Å². The molecular weight excluding hydrogens is 925 g/mol. The minimum Gasteiger partial charge on any atom is -0.491 e. The normalized spacial score (nSPS) is 15.6. The third kappa shape index (κ3) is 19.6. The van der Waals surface area contributed by atoms with Gasteiger partial charge in [-0.2, -0.15) is 47.0 Å². The fourth-order valence-electron chi connectivity index (χ4n) is 6.19. The molecule has 12 N–H and O–H groups in total. The van der Waals surface area contributed by atoms with Crippen LogP contribution < -0.4 is 18.9 Å². The maximum atomic E-state index is 10.9. The van der Waals surface area contributed by atoms with Gasteiger partial charge in [-0.3, -0.25) is 0 Å². The lowest BCUT2D eigenvalue weighted by Crippen LogP contribution is -2.23. The van der Waals surface area contributed by atoms with Crippen molar-refractivity contribution < 1.29 is 80.2 Å². The predicted molar refractivity (Wildman–Crippen MR) is 258 cm³/mol. The number of aliphatic hydroxyl groups is 12. The van der Waals surface area contributed by atoms with E-state index in [0.717, 1.165) is 21.5 Å². The monoisotopic (exact) mass is 988 g/mol. The molecule has 0 aromatic heterocycles. The highest BCUT2D eigenvalue weighted by Gasteiger charge is 2.20. The second-order valence-corrected chi connectivity index (χ2v) is 19.7. The van der Waals surface area contributed by atoms with Gasteiger partial charge in [-0.1, -0.05) is 24.3 Å². The molecule has 16 nitrogen and oxygen atoms in total. The minimum absolute atomic E-state index is 0.0459. The van der Waals surface area contributed by atoms with E-state index in [1.807, 2.05) is 36.4 Å². The predicted octanol–water partition coefficient (Wildman–Crippen LogP) is 0.888. The molecule has 20 heteroatoms. The van der Waals surface area contributed by atoms with Gasteiger partial charge in [-0.05, 0) is 57.9 Å². The van der Waals surface area contributed by atoms with Crippen LogP contribution in [0.5, 0.6) is 23.0 Å². The molecule has 0 aliphatic heterocycles. The van der Waals surface area contributed by atoms with Gasteiger partial charge in [0.2, 0.25) is 0 Å². The van der Waals surface area contributed by atoms with Gasteiger partial charge in [0.15, 0.2) is 0 Å². The summed E-state index contributed by atoms with van der Waals surface area (Å²) < 4.78 is 24.8. The average Bonchev–Trinajstić information content (AvgIpc) is 3.31. The first-order valence-corrected chi connectivity index (χ1v) is 25.8. The number of thioether (sulfide) groups is 4. The highest BCUT2D eigenvalue weighted by Crippen LogP contribution is 2.39. The Balaban J connectivity index is 1.72. The molecule has 0 amide bonds. The third-order valence-electron chi connectivity index (χ3n) is 9.55. The van der Waals surface area contributed by atoms with Gasteiger partial charge in [-0.15, -0.1) is 0 Å². The van der Waals surface area contributed by atoms with Crippen LogP contribution in [-0.4, -0.2) is 209 Å². The first-order valence-electron chi connectivity index (χ1n) is 21.1. The third-order valence-corrected chi connectivity index (χ3v) is 14.5. The maximum Gasteiger partial charge on any atom is 0.123 e. The van der Waals surface area contributed by atoms with Crippen molar-refractivity contribution in [3.63, 3.8) is 0 Å². The van der Waals surface area contributed by atoms with Crippen LogP contribution in [0.3, 0.4) is 0 Å². The zero-order valence-corrected chi connectivity index (χ0v) is 39.3. The van der Waals surface area contributed by atoms with Crippen LogP contribution in [0, 0.1) is 0 Å². The number of benzene rings is 4. The lowest BCUT2D eigenvalue weighted by molar-refractivity contribution is 0.112. The highest BCUT2D eigenvalue weighted by atomic mass is 32.2. The van der Waals surface area contributed by atoms with Crippen molar-refractivity contribution in [2.75, 3.05) is 98.9 Å². The molecule has 0 aliphatic rings. The van der Waals surface area contributed by atoms with Gasteiger partial charge in [0.05, 0.1) is 75.3 Å². The fraction of sp³-hybridized carbons (Fsp3) is 0.556. The average molecular weight is 989 g/mol. The van der Waals surface area contributed by atoms with Crippen LogP contribution in [-0.2, 0) is 6.42 Å². The van der Waals surface area contributed by atoms with E-state index in [1.165, 1.54) is 47.0 Å². The Bertz CT molecular complexity index is 1820. The summed E-state index contributed by atoms with van der Waals surface area (Å²) in [4.78, 5) is 0. The van der Waals surface area contributed by atoms with Crippen molar-refractivity contribution in [3.05, 3.63) is 71.8 Å². The van der Waals surface area contributed by atoms with E-state index >= 15 is 0 Å². The summed E-state index contributed by atoms with van der Waals surface area (Å²) in [6, 6.07) is 18.3. The topological polar surface area (TPSA) is 280 Å². The van der Waals surface area contributed by atoms with Gasteiger partial charge in [0.25, 0.3) is 0 Å². The molecule has 0 bridgehead atoms. The quantitative estimate of drug-likeness (QED) is 0.0310. The van der Waals surface area contributed by atoms with Crippen molar-refractivity contribution >= 4 is 68.6 Å². The van der Waals surface area contributed by atoms with Crippen LogP contribution in [0.4, 0.5) is 0 Å². The van der Waals surface area contributed by atoms with E-state index in [4.69, 9.17) is 29.2 Å². The molecule has 0 spiro atoms. The van der Waals surface area contributed by atoms with E-state index in [0.29, 0.717) is 34.1 Å². The molecule has 0 fully saturated rings. The molecule has 0 heterocycles. The molecule has 65 heavy (non-hydrogen) atoms. The summed E-state index contributed by atoms with van der Waals surface area (Å²) >= 11 is 5.12. The fourth-order valence-corrected chi connectivity index (χ4v) is 9.72. The smallest absolute Gasteiger partial charge is 0.123 e. The summed E-state index contributed by atoms with van der Waals surface area (Å²) in [5.74, 6) is 3.77. The van der Waals surface area contributed by atoms with Gasteiger partial charge >= 0.3 is 0 Å². The second-order valence-electron chi connectivity index (χ2n) is 15.4. The molecule has 0 saturated carbocycles. The summed E-state index contributed by atoms with van der Waals surface area (Å²) in [7, 11) is 0. The van der Waals surface area contributed by atoms with Crippen molar-refractivity contribution in [1.82, 2.24) is 0 Å². The molecule has 0 radical (unpaired) electrons. The summed E-state index contributed by atoms with van der Waals surface area (Å²) in [5, 5.41) is 122. The number of fused-ring (bicyclic) bond motifs is 2. The van der Waals surface area contributed by atoms with E-state index < -0.39 is 62.0 Å². The van der Waals surface area contributed by atoms with Crippen LogP contribution >= 0.6 is 47.0 Å². The van der Waals surface area contributed by atoms with Crippen molar-refractivity contribution in [1.29, 1.82) is 0 Å². The lowest BCUT2D eigenvalue weighted by atomic mass is 9.93. The molecular formula is C45H64O16S4. The Morgan fingerprint density at radius 1 is 0.354 bits per heavy atom. The maximum absolute atomic E-state index is 10.9. The van der Waals surface area contributed by atoms with Gasteiger partial charge in [0, 0.05) is 63.6 Å². The Kier molecular flexibility index (Phi) is 25.5.